The van der Waals surface area contributed by atoms with Gasteiger partial charge in [-0.05, 0) is 56.7 Å². The number of ketones is 3. The lowest BCUT2D eigenvalue weighted by molar-refractivity contribution is -0.188. The largest absolute Gasteiger partial charge is 0.508 e. The number of phenolic OH excluding ortho intramolecular Hbond substituents is 1. The summed E-state index contributed by atoms with van der Waals surface area (Å²) < 4.78 is 0. The first kappa shape index (κ1) is 23.4. The van der Waals surface area contributed by atoms with E-state index < -0.39 is 51.6 Å². The minimum Gasteiger partial charge on any atom is -0.508 e. The van der Waals surface area contributed by atoms with Crippen molar-refractivity contribution in [2.24, 2.45) is 10.8 Å². The molecular formula is C26H30O7. The molecule has 0 spiro atoms. The van der Waals surface area contributed by atoms with Gasteiger partial charge in [-0.15, -0.1) is 0 Å². The molecule has 33 heavy (non-hydrogen) atoms. The van der Waals surface area contributed by atoms with Crippen molar-refractivity contribution in [1.82, 2.24) is 0 Å². The van der Waals surface area contributed by atoms with Crippen LogP contribution in [0, 0.1) is 24.7 Å². The summed E-state index contributed by atoms with van der Waals surface area (Å²) in [6.45, 7) is 11.2. The Balaban J connectivity index is 2.13. The Hall–Kier alpha value is -2.77. The summed E-state index contributed by atoms with van der Waals surface area (Å²) in [5.74, 6) is -3.96. The fourth-order valence-electron chi connectivity index (χ4n) is 6.53. The molecule has 0 saturated carbocycles. The van der Waals surface area contributed by atoms with E-state index >= 15 is 0 Å². The van der Waals surface area contributed by atoms with Crippen LogP contribution in [-0.4, -0.2) is 49.5 Å². The average Bonchev–Trinajstić information content (AvgIpc) is 2.72. The number of hydrogen-bond acceptors (Lipinski definition) is 7. The average molecular weight is 455 g/mol. The van der Waals surface area contributed by atoms with Gasteiger partial charge in [0.25, 0.3) is 0 Å². The summed E-state index contributed by atoms with van der Waals surface area (Å²) in [5, 5.41) is 45.8. The maximum atomic E-state index is 13.8. The molecular weight excluding hydrogens is 424 g/mol. The lowest BCUT2D eigenvalue weighted by Crippen LogP contribution is -2.70. The summed E-state index contributed by atoms with van der Waals surface area (Å²) in [5.41, 5.74) is -3.94. The van der Waals surface area contributed by atoms with Crippen molar-refractivity contribution in [3.05, 3.63) is 50.8 Å². The number of benzene rings is 1. The highest BCUT2D eigenvalue weighted by molar-refractivity contribution is 6.25. The molecule has 0 saturated heterocycles. The number of allylic oxidation sites excluding steroid dienone is 1. The van der Waals surface area contributed by atoms with Gasteiger partial charge < -0.3 is 20.4 Å². The molecule has 7 heteroatoms. The topological polar surface area (TPSA) is 132 Å². The second-order valence-corrected chi connectivity index (χ2v) is 10.4. The Morgan fingerprint density at radius 1 is 1.12 bits per heavy atom. The summed E-state index contributed by atoms with van der Waals surface area (Å²) in [6, 6.07) is 1.80. The molecule has 0 aromatic heterocycles. The van der Waals surface area contributed by atoms with Gasteiger partial charge in [0.15, 0.2) is 17.2 Å². The molecule has 0 fully saturated rings. The SMILES string of the molecule is CC(=O)C1=C(C)C[C@@]2(C)[C@H](O)[C@]3(C)C(=C(O)[C@@]2(O)C1=O)C(=O)c1c(cc(C)c(C)c1O)[C@H]3C. The van der Waals surface area contributed by atoms with Crippen molar-refractivity contribution in [1.29, 1.82) is 0 Å². The molecule has 0 aliphatic heterocycles. The summed E-state index contributed by atoms with van der Waals surface area (Å²) in [4.78, 5) is 39.5. The zero-order valence-corrected chi connectivity index (χ0v) is 20.0. The van der Waals surface area contributed by atoms with Gasteiger partial charge in [-0.2, -0.15) is 0 Å². The van der Waals surface area contributed by atoms with Crippen molar-refractivity contribution in [2.75, 3.05) is 0 Å². The third-order valence-electron chi connectivity index (χ3n) is 8.75. The molecule has 4 rings (SSSR count). The van der Waals surface area contributed by atoms with Gasteiger partial charge >= 0.3 is 0 Å². The minimum absolute atomic E-state index is 0.00852. The monoisotopic (exact) mass is 454 g/mol. The van der Waals surface area contributed by atoms with Gasteiger partial charge in [-0.25, -0.2) is 0 Å². The van der Waals surface area contributed by atoms with Crippen LogP contribution in [0.5, 0.6) is 5.75 Å². The van der Waals surface area contributed by atoms with Crippen LogP contribution in [0.4, 0.5) is 0 Å². The van der Waals surface area contributed by atoms with Gasteiger partial charge in [0.2, 0.25) is 5.78 Å². The van der Waals surface area contributed by atoms with Crippen molar-refractivity contribution in [2.45, 2.75) is 72.5 Å². The standard InChI is InChI=1S/C26H30O7/c1-10-8-15-13(4)25(7)18(20(29)17(15)19(28)12(10)3)22(31)26(33)21(30)16(14(5)27)11(2)9-24(26,6)23(25)32/h8,13,23,28,31-33H,9H2,1-7H3/t13-,23+,24+,25+,26+/m1/s1. The number of carbonyl (C=O) groups is 3. The van der Waals surface area contributed by atoms with E-state index in [1.807, 2.05) is 6.92 Å². The van der Waals surface area contributed by atoms with Crippen LogP contribution >= 0.6 is 0 Å². The first-order chi connectivity index (χ1) is 15.1. The molecule has 3 aliphatic rings. The normalized spacial score (nSPS) is 35.9. The third-order valence-corrected chi connectivity index (χ3v) is 8.75. The number of phenols is 1. The number of rotatable bonds is 1. The number of carbonyl (C=O) groups excluding carboxylic acids is 3. The highest BCUT2D eigenvalue weighted by Crippen LogP contribution is 2.65. The van der Waals surface area contributed by atoms with Crippen LogP contribution in [0.2, 0.25) is 0 Å². The van der Waals surface area contributed by atoms with E-state index in [1.165, 1.54) is 13.8 Å². The maximum Gasteiger partial charge on any atom is 0.206 e. The lowest BCUT2D eigenvalue weighted by atomic mass is 9.44. The van der Waals surface area contributed by atoms with Gasteiger partial charge in [-0.1, -0.05) is 32.4 Å². The zero-order valence-electron chi connectivity index (χ0n) is 20.0. The van der Waals surface area contributed by atoms with Crippen LogP contribution in [0.25, 0.3) is 0 Å². The van der Waals surface area contributed by atoms with Crippen LogP contribution in [0.3, 0.4) is 0 Å². The summed E-state index contributed by atoms with van der Waals surface area (Å²) in [6.07, 6.45) is -1.45. The van der Waals surface area contributed by atoms with E-state index in [1.54, 1.807) is 33.8 Å². The first-order valence-corrected chi connectivity index (χ1v) is 11.1. The molecule has 1 aromatic carbocycles. The molecule has 0 heterocycles. The molecule has 5 atom stereocenters. The number of aliphatic hydroxyl groups is 3. The van der Waals surface area contributed by atoms with E-state index in [0.29, 0.717) is 16.7 Å². The van der Waals surface area contributed by atoms with E-state index in [-0.39, 0.29) is 28.9 Å². The second-order valence-electron chi connectivity index (χ2n) is 10.4. The van der Waals surface area contributed by atoms with Crippen LogP contribution in [0.15, 0.2) is 28.5 Å². The molecule has 176 valence electrons. The van der Waals surface area contributed by atoms with Crippen LogP contribution in [0.1, 0.15) is 74.0 Å². The van der Waals surface area contributed by atoms with Gasteiger partial charge in [0, 0.05) is 10.8 Å². The molecule has 1 aromatic rings. The highest BCUT2D eigenvalue weighted by atomic mass is 16.4. The Bertz CT molecular complexity index is 1240. The molecule has 0 amide bonds. The molecule has 7 nitrogen and oxygen atoms in total. The number of aromatic hydroxyl groups is 1. The number of aliphatic hydroxyl groups excluding tert-OH is 2. The third kappa shape index (κ3) is 2.39. The Kier molecular flexibility index (Phi) is 4.71. The lowest BCUT2D eigenvalue weighted by Gasteiger charge is -2.60. The van der Waals surface area contributed by atoms with Crippen molar-refractivity contribution in [3.63, 3.8) is 0 Å². The quantitative estimate of drug-likeness (QED) is 0.479. The van der Waals surface area contributed by atoms with Crippen molar-refractivity contribution < 1.29 is 34.8 Å². The number of fused-ring (bicyclic) bond motifs is 3. The van der Waals surface area contributed by atoms with Gasteiger partial charge in [0.1, 0.15) is 11.5 Å². The van der Waals surface area contributed by atoms with E-state index in [9.17, 15) is 34.8 Å². The summed E-state index contributed by atoms with van der Waals surface area (Å²) in [7, 11) is 0. The van der Waals surface area contributed by atoms with Crippen molar-refractivity contribution in [3.8, 4) is 5.75 Å². The van der Waals surface area contributed by atoms with Crippen molar-refractivity contribution >= 4 is 17.3 Å². The predicted octanol–water partition coefficient (Wildman–Crippen LogP) is 3.12. The van der Waals surface area contributed by atoms with E-state index in [0.717, 1.165) is 5.56 Å². The summed E-state index contributed by atoms with van der Waals surface area (Å²) >= 11 is 0. The second kappa shape index (κ2) is 6.64. The maximum absolute atomic E-state index is 13.8. The highest BCUT2D eigenvalue weighted by Gasteiger charge is 2.72. The van der Waals surface area contributed by atoms with Gasteiger partial charge in [0.05, 0.1) is 22.8 Å². The fourth-order valence-corrected chi connectivity index (χ4v) is 6.53. The fraction of sp³-hybridized carbons (Fsp3) is 0.500. The number of hydrogen-bond donors (Lipinski definition) is 4. The predicted molar refractivity (Wildman–Crippen MR) is 120 cm³/mol. The smallest absolute Gasteiger partial charge is 0.206 e. The van der Waals surface area contributed by atoms with E-state index in [2.05, 4.69) is 0 Å². The number of Topliss-reactive ketones (excluding diaryl/α,β-unsaturated/α-hetero) is 3. The van der Waals surface area contributed by atoms with Crippen LogP contribution in [-0.2, 0) is 9.59 Å². The Morgan fingerprint density at radius 2 is 1.70 bits per heavy atom. The van der Waals surface area contributed by atoms with Crippen LogP contribution < -0.4 is 0 Å². The molecule has 0 unspecified atom stereocenters. The number of aryl methyl sites for hydroxylation is 1. The Morgan fingerprint density at radius 3 is 2.24 bits per heavy atom. The molecule has 0 radical (unpaired) electrons. The molecule has 0 bridgehead atoms. The molecule has 4 N–H and O–H groups in total. The first-order valence-electron chi connectivity index (χ1n) is 11.1. The van der Waals surface area contributed by atoms with Gasteiger partial charge in [-0.3, -0.25) is 14.4 Å². The molecule has 3 aliphatic carbocycles. The Labute approximate surface area is 192 Å². The zero-order chi connectivity index (χ0) is 25.0. The minimum atomic E-state index is -2.66. The van der Waals surface area contributed by atoms with E-state index in [4.69, 9.17) is 0 Å².